The zero-order valence-electron chi connectivity index (χ0n) is 12.5. The summed E-state index contributed by atoms with van der Waals surface area (Å²) in [5.74, 6) is 0.0265. The van der Waals surface area contributed by atoms with Crippen LogP contribution in [0.25, 0.3) is 0 Å². The van der Waals surface area contributed by atoms with Gasteiger partial charge in [-0.05, 0) is 20.8 Å². The number of carbonyl (C=O) groups excluding carboxylic acids is 2. The van der Waals surface area contributed by atoms with E-state index in [1.807, 2.05) is 27.7 Å². The molecule has 0 radical (unpaired) electrons. The van der Waals surface area contributed by atoms with Gasteiger partial charge in [-0.25, -0.2) is 9.67 Å². The van der Waals surface area contributed by atoms with Crippen molar-refractivity contribution in [3.8, 4) is 0 Å². The summed E-state index contributed by atoms with van der Waals surface area (Å²) in [6.45, 7) is 9.25. The first kappa shape index (κ1) is 14.5. The fourth-order valence-electron chi connectivity index (χ4n) is 2.01. The summed E-state index contributed by atoms with van der Waals surface area (Å²) in [5, 5.41) is 4.23. The van der Waals surface area contributed by atoms with Gasteiger partial charge in [0.2, 0.25) is 11.7 Å². The van der Waals surface area contributed by atoms with E-state index in [9.17, 15) is 9.59 Å². The van der Waals surface area contributed by atoms with Gasteiger partial charge in [-0.1, -0.05) is 6.92 Å². The van der Waals surface area contributed by atoms with Crippen LogP contribution in [0.1, 0.15) is 44.7 Å². The van der Waals surface area contributed by atoms with Gasteiger partial charge in [-0.2, -0.15) is 0 Å². The normalized spacial score (nSPS) is 15.8. The van der Waals surface area contributed by atoms with Gasteiger partial charge in [0, 0.05) is 19.5 Å². The predicted octanol–water partition coefficient (Wildman–Crippen LogP) is 0.685. The Morgan fingerprint density at radius 3 is 2.45 bits per heavy atom. The third kappa shape index (κ3) is 2.81. The summed E-state index contributed by atoms with van der Waals surface area (Å²) in [6.07, 6.45) is 2.03. The van der Waals surface area contributed by atoms with E-state index in [1.165, 1.54) is 0 Å². The average Bonchev–Trinajstić information content (AvgIpc) is 3.05. The largest absolute Gasteiger partial charge is 0.323 e. The Balaban J connectivity index is 2.06. The van der Waals surface area contributed by atoms with Crippen molar-refractivity contribution in [2.45, 2.75) is 39.7 Å². The van der Waals surface area contributed by atoms with Crippen LogP contribution in [0.3, 0.4) is 0 Å². The van der Waals surface area contributed by atoms with Gasteiger partial charge < -0.3 is 9.80 Å². The second-order valence-corrected chi connectivity index (χ2v) is 5.90. The first-order valence-corrected chi connectivity index (χ1v) is 6.82. The molecule has 7 heteroatoms. The molecule has 1 saturated heterocycles. The molecule has 2 rings (SSSR count). The fourth-order valence-corrected chi connectivity index (χ4v) is 2.01. The van der Waals surface area contributed by atoms with Gasteiger partial charge in [-0.3, -0.25) is 9.59 Å². The van der Waals surface area contributed by atoms with Crippen molar-refractivity contribution in [3.05, 3.63) is 12.2 Å². The van der Waals surface area contributed by atoms with Crippen LogP contribution in [0.15, 0.2) is 6.33 Å². The van der Waals surface area contributed by atoms with Crippen molar-refractivity contribution < 1.29 is 9.59 Å². The third-order valence-electron chi connectivity index (χ3n) is 3.29. The minimum atomic E-state index is -0.223. The van der Waals surface area contributed by atoms with Crippen molar-refractivity contribution in [2.24, 2.45) is 0 Å². The molecule has 0 aromatic carbocycles. The molecule has 1 aromatic heterocycles. The molecule has 0 atom stereocenters. The van der Waals surface area contributed by atoms with E-state index in [0.717, 1.165) is 0 Å². The molecular formula is C13H21N5O2. The van der Waals surface area contributed by atoms with E-state index >= 15 is 0 Å². The highest BCUT2D eigenvalue weighted by atomic mass is 16.2. The van der Waals surface area contributed by atoms with Crippen LogP contribution in [0.5, 0.6) is 0 Å². The smallest absolute Gasteiger partial charge is 0.294 e. The number of aromatic nitrogens is 3. The number of rotatable bonds is 2. The Labute approximate surface area is 118 Å². The van der Waals surface area contributed by atoms with Crippen LogP contribution in [-0.4, -0.2) is 56.1 Å². The lowest BCUT2D eigenvalue weighted by Crippen LogP contribution is -2.34. The summed E-state index contributed by atoms with van der Waals surface area (Å²) >= 11 is 0. The molecule has 0 aliphatic carbocycles. The molecule has 20 heavy (non-hydrogen) atoms. The maximum Gasteiger partial charge on any atom is 0.294 e. The van der Waals surface area contributed by atoms with E-state index in [4.69, 9.17) is 0 Å². The highest BCUT2D eigenvalue weighted by Crippen LogP contribution is 2.13. The Morgan fingerprint density at radius 1 is 1.25 bits per heavy atom. The molecule has 2 heterocycles. The minimum absolute atomic E-state index is 0.0634. The van der Waals surface area contributed by atoms with E-state index in [0.29, 0.717) is 26.2 Å². The molecule has 1 fully saturated rings. The Bertz CT molecular complexity index is 517. The number of hydrogen-bond donors (Lipinski definition) is 0. The van der Waals surface area contributed by atoms with Crippen LogP contribution < -0.4 is 0 Å². The molecule has 7 nitrogen and oxygen atoms in total. The van der Waals surface area contributed by atoms with Gasteiger partial charge in [-0.15, -0.1) is 5.10 Å². The average molecular weight is 279 g/mol. The maximum absolute atomic E-state index is 12.3. The zero-order valence-corrected chi connectivity index (χ0v) is 12.5. The lowest BCUT2D eigenvalue weighted by molar-refractivity contribution is -0.130. The van der Waals surface area contributed by atoms with Crippen LogP contribution in [0.2, 0.25) is 0 Å². The monoisotopic (exact) mass is 279 g/mol. The standard InChI is InChI=1S/C13H21N5O2/c1-5-10(19)16-6-7-17(9-16)12(20)11-14-8-18(15-11)13(2,3)4/h8H,5-7,9H2,1-4H3. The molecule has 110 valence electrons. The van der Waals surface area contributed by atoms with Crippen molar-refractivity contribution in [1.29, 1.82) is 0 Å². The lowest BCUT2D eigenvalue weighted by Gasteiger charge is -2.18. The topological polar surface area (TPSA) is 71.3 Å². The summed E-state index contributed by atoms with van der Waals surface area (Å²) < 4.78 is 1.67. The molecule has 0 N–H and O–H groups in total. The first-order chi connectivity index (χ1) is 9.32. The van der Waals surface area contributed by atoms with Crippen LogP contribution in [0, 0.1) is 0 Å². The van der Waals surface area contributed by atoms with E-state index in [-0.39, 0.29) is 23.2 Å². The zero-order chi connectivity index (χ0) is 14.9. The van der Waals surface area contributed by atoms with Crippen molar-refractivity contribution in [2.75, 3.05) is 19.8 Å². The SMILES string of the molecule is CCC(=O)N1CCN(C(=O)c2ncn(C(C)(C)C)n2)C1. The highest BCUT2D eigenvalue weighted by Gasteiger charge is 2.29. The van der Waals surface area contributed by atoms with Gasteiger partial charge >= 0.3 is 0 Å². The second-order valence-electron chi connectivity index (χ2n) is 5.90. The summed E-state index contributed by atoms with van der Waals surface area (Å²) in [7, 11) is 0. The molecule has 1 aliphatic rings. The van der Waals surface area contributed by atoms with Gasteiger partial charge in [0.25, 0.3) is 5.91 Å². The highest BCUT2D eigenvalue weighted by molar-refractivity contribution is 5.91. The maximum atomic E-state index is 12.3. The third-order valence-corrected chi connectivity index (χ3v) is 3.29. The fraction of sp³-hybridized carbons (Fsp3) is 0.692. The Morgan fingerprint density at radius 2 is 1.90 bits per heavy atom. The van der Waals surface area contributed by atoms with Gasteiger partial charge in [0.1, 0.15) is 6.33 Å². The number of amides is 2. The Hall–Kier alpha value is -1.92. The molecule has 0 bridgehead atoms. The van der Waals surface area contributed by atoms with Crippen LogP contribution >= 0.6 is 0 Å². The molecule has 0 spiro atoms. The molecular weight excluding hydrogens is 258 g/mol. The first-order valence-electron chi connectivity index (χ1n) is 6.82. The van der Waals surface area contributed by atoms with Gasteiger partial charge in [0.15, 0.2) is 0 Å². The number of carbonyl (C=O) groups is 2. The van der Waals surface area contributed by atoms with Crippen molar-refractivity contribution >= 4 is 11.8 Å². The van der Waals surface area contributed by atoms with Crippen LogP contribution in [-0.2, 0) is 10.3 Å². The number of nitrogens with zero attached hydrogens (tertiary/aromatic N) is 5. The van der Waals surface area contributed by atoms with Crippen molar-refractivity contribution in [3.63, 3.8) is 0 Å². The summed E-state index contributed by atoms with van der Waals surface area (Å²) in [6, 6.07) is 0. The second kappa shape index (κ2) is 5.22. The summed E-state index contributed by atoms with van der Waals surface area (Å²) in [5.41, 5.74) is -0.208. The number of hydrogen-bond acceptors (Lipinski definition) is 4. The molecule has 1 aliphatic heterocycles. The van der Waals surface area contributed by atoms with E-state index < -0.39 is 0 Å². The molecule has 0 saturated carbocycles. The summed E-state index contributed by atoms with van der Waals surface area (Å²) in [4.78, 5) is 31.3. The van der Waals surface area contributed by atoms with Crippen molar-refractivity contribution in [1.82, 2.24) is 24.6 Å². The van der Waals surface area contributed by atoms with E-state index in [1.54, 1.807) is 20.8 Å². The quantitative estimate of drug-likeness (QED) is 0.798. The lowest BCUT2D eigenvalue weighted by atomic mass is 10.1. The molecule has 2 amide bonds. The van der Waals surface area contributed by atoms with Crippen LogP contribution in [0.4, 0.5) is 0 Å². The Kier molecular flexibility index (Phi) is 3.78. The van der Waals surface area contributed by atoms with E-state index in [2.05, 4.69) is 10.1 Å². The predicted molar refractivity (Wildman–Crippen MR) is 72.9 cm³/mol. The molecule has 1 aromatic rings. The minimum Gasteiger partial charge on any atom is -0.323 e. The van der Waals surface area contributed by atoms with Gasteiger partial charge in [0.05, 0.1) is 12.2 Å². The molecule has 0 unspecified atom stereocenters.